The fourth-order valence-electron chi connectivity index (χ4n) is 2.55. The molecule has 0 bridgehead atoms. The van der Waals surface area contributed by atoms with Gasteiger partial charge in [0.1, 0.15) is 5.01 Å². The van der Waals surface area contributed by atoms with Crippen LogP contribution in [0.4, 0.5) is 0 Å². The number of guanidine groups is 1. The summed E-state index contributed by atoms with van der Waals surface area (Å²) >= 11 is 1.72. The van der Waals surface area contributed by atoms with E-state index in [-0.39, 0.29) is 24.0 Å². The minimum atomic E-state index is 0. The summed E-state index contributed by atoms with van der Waals surface area (Å²) in [6.07, 6.45) is 2.94. The molecule has 2 aromatic rings. The molecule has 0 saturated carbocycles. The number of hydrogen-bond donors (Lipinski definition) is 2. The number of thiazole rings is 1. The lowest BCUT2D eigenvalue weighted by Gasteiger charge is -2.15. The van der Waals surface area contributed by atoms with Crippen LogP contribution in [0.3, 0.4) is 0 Å². The smallest absolute Gasteiger partial charge is 0.203 e. The third-order valence-electron chi connectivity index (χ3n) is 3.89. The molecule has 0 fully saturated rings. The topological polar surface area (TPSA) is 77.0 Å². The maximum absolute atomic E-state index is 5.52. The molecule has 0 unspecified atom stereocenters. The van der Waals surface area contributed by atoms with Gasteiger partial charge in [0.2, 0.25) is 5.75 Å². The molecule has 1 aromatic carbocycles. The quantitative estimate of drug-likeness (QED) is 0.299. The first-order valence-corrected chi connectivity index (χ1v) is 9.71. The van der Waals surface area contributed by atoms with Crippen molar-refractivity contribution in [2.75, 3.05) is 27.9 Å². The second-order valence-electron chi connectivity index (χ2n) is 5.62. The summed E-state index contributed by atoms with van der Waals surface area (Å²) in [5.41, 5.74) is 0.912. The summed E-state index contributed by atoms with van der Waals surface area (Å²) < 4.78 is 16.3. The lowest BCUT2D eigenvalue weighted by molar-refractivity contribution is 0.322. The van der Waals surface area contributed by atoms with E-state index in [1.165, 1.54) is 4.88 Å². The first-order valence-electron chi connectivity index (χ1n) is 8.90. The van der Waals surface area contributed by atoms with Gasteiger partial charge in [-0.15, -0.1) is 35.3 Å². The van der Waals surface area contributed by atoms with E-state index in [1.54, 1.807) is 32.7 Å². The highest BCUT2D eigenvalue weighted by Gasteiger charge is 2.15. The highest BCUT2D eigenvalue weighted by Crippen LogP contribution is 2.39. The van der Waals surface area contributed by atoms with Crippen LogP contribution in [0, 0.1) is 0 Å². The maximum Gasteiger partial charge on any atom is 0.203 e. The standard InChI is InChI=1S/C19H28N4O3S.HI/c1-6-14-11-21-16(27-14)12-23-19(20-7-2)22-10-13-8-9-15(24-3)18(26-5)17(13)25-4;/h8-9,11H,6-7,10,12H2,1-5H3,(H2,20,22,23);1H. The predicted octanol–water partition coefficient (Wildman–Crippen LogP) is 3.60. The zero-order valence-electron chi connectivity index (χ0n) is 17.0. The number of rotatable bonds is 9. The molecule has 0 saturated heterocycles. The van der Waals surface area contributed by atoms with Crippen molar-refractivity contribution in [1.29, 1.82) is 0 Å². The van der Waals surface area contributed by atoms with E-state index in [0.29, 0.717) is 30.3 Å². The first-order chi connectivity index (χ1) is 13.2. The number of aryl methyl sites for hydroxylation is 1. The fourth-order valence-corrected chi connectivity index (χ4v) is 3.35. The average Bonchev–Trinajstić information content (AvgIpc) is 3.17. The van der Waals surface area contributed by atoms with Crippen molar-refractivity contribution in [3.63, 3.8) is 0 Å². The van der Waals surface area contributed by atoms with Crippen LogP contribution in [0.1, 0.15) is 29.3 Å². The lowest BCUT2D eigenvalue weighted by atomic mass is 10.1. The van der Waals surface area contributed by atoms with E-state index in [9.17, 15) is 0 Å². The molecular weight excluding hydrogens is 491 g/mol. The monoisotopic (exact) mass is 520 g/mol. The van der Waals surface area contributed by atoms with Gasteiger partial charge in [-0.05, 0) is 25.5 Å². The van der Waals surface area contributed by atoms with E-state index < -0.39 is 0 Å². The highest BCUT2D eigenvalue weighted by atomic mass is 127. The van der Waals surface area contributed by atoms with Crippen molar-refractivity contribution >= 4 is 41.3 Å². The van der Waals surface area contributed by atoms with E-state index in [0.717, 1.165) is 29.5 Å². The van der Waals surface area contributed by atoms with Crippen LogP contribution in [0.5, 0.6) is 17.2 Å². The van der Waals surface area contributed by atoms with E-state index >= 15 is 0 Å². The van der Waals surface area contributed by atoms with Crippen LogP contribution in [0.15, 0.2) is 23.3 Å². The molecule has 0 aliphatic rings. The molecule has 1 aromatic heterocycles. The van der Waals surface area contributed by atoms with Crippen LogP contribution in [0.2, 0.25) is 0 Å². The summed E-state index contributed by atoms with van der Waals surface area (Å²) in [6, 6.07) is 3.79. The van der Waals surface area contributed by atoms with Gasteiger partial charge in [0.15, 0.2) is 17.5 Å². The number of aromatic nitrogens is 1. The van der Waals surface area contributed by atoms with Crippen LogP contribution in [0.25, 0.3) is 0 Å². The predicted molar refractivity (Wildman–Crippen MR) is 125 cm³/mol. The molecule has 156 valence electrons. The summed E-state index contributed by atoms with van der Waals surface area (Å²) in [7, 11) is 4.81. The summed E-state index contributed by atoms with van der Waals surface area (Å²) in [4.78, 5) is 10.4. The number of hydrogen-bond acceptors (Lipinski definition) is 6. The SMILES string of the molecule is CCNC(=NCc1ccc(OC)c(OC)c1OC)NCc1ncc(CC)s1.I. The van der Waals surface area contributed by atoms with Crippen molar-refractivity contribution in [1.82, 2.24) is 15.6 Å². The van der Waals surface area contributed by atoms with Gasteiger partial charge < -0.3 is 24.8 Å². The normalized spacial score (nSPS) is 10.8. The Kier molecular flexibility index (Phi) is 11.0. The Balaban J connectivity index is 0.00000392. The minimum absolute atomic E-state index is 0. The van der Waals surface area contributed by atoms with Gasteiger partial charge in [-0.1, -0.05) is 6.92 Å². The number of nitrogens with zero attached hydrogens (tertiary/aromatic N) is 2. The number of nitrogens with one attached hydrogen (secondary N) is 2. The maximum atomic E-state index is 5.52. The minimum Gasteiger partial charge on any atom is -0.493 e. The van der Waals surface area contributed by atoms with Crippen LogP contribution in [-0.4, -0.2) is 38.8 Å². The molecule has 9 heteroatoms. The lowest BCUT2D eigenvalue weighted by Crippen LogP contribution is -2.36. The fraction of sp³-hybridized carbons (Fsp3) is 0.474. The molecule has 2 N–H and O–H groups in total. The average molecular weight is 520 g/mol. The van der Waals surface area contributed by atoms with Crippen LogP contribution < -0.4 is 24.8 Å². The molecule has 7 nitrogen and oxygen atoms in total. The molecule has 2 rings (SSSR count). The summed E-state index contributed by atoms with van der Waals surface area (Å²) in [5, 5.41) is 7.62. The molecule has 0 radical (unpaired) electrons. The molecule has 0 aliphatic carbocycles. The molecule has 0 atom stereocenters. The molecular formula is C19H29IN4O3S. The molecule has 1 heterocycles. The van der Waals surface area contributed by atoms with Gasteiger partial charge >= 0.3 is 0 Å². The van der Waals surface area contributed by atoms with Gasteiger partial charge in [-0.2, -0.15) is 0 Å². The second kappa shape index (κ2) is 12.7. The molecule has 0 amide bonds. The number of aliphatic imine (C=N–C) groups is 1. The Hall–Kier alpha value is -1.75. The van der Waals surface area contributed by atoms with Crippen LogP contribution >= 0.6 is 35.3 Å². The van der Waals surface area contributed by atoms with E-state index in [4.69, 9.17) is 14.2 Å². The molecule has 28 heavy (non-hydrogen) atoms. The summed E-state index contributed by atoms with van der Waals surface area (Å²) in [6.45, 7) is 6.02. The Bertz CT molecular complexity index is 768. The van der Waals surface area contributed by atoms with Gasteiger partial charge in [0, 0.05) is 23.2 Å². The molecule has 0 spiro atoms. The van der Waals surface area contributed by atoms with E-state index in [2.05, 4.69) is 27.5 Å². The number of methoxy groups -OCH3 is 3. The van der Waals surface area contributed by atoms with Crippen molar-refractivity contribution in [2.24, 2.45) is 4.99 Å². The van der Waals surface area contributed by atoms with Gasteiger partial charge in [0.05, 0.1) is 34.4 Å². The van der Waals surface area contributed by atoms with Crippen molar-refractivity contribution in [3.05, 3.63) is 33.8 Å². The number of benzene rings is 1. The zero-order chi connectivity index (χ0) is 19.6. The Morgan fingerprint density at radius 1 is 1.07 bits per heavy atom. The third-order valence-corrected chi connectivity index (χ3v) is 5.04. The van der Waals surface area contributed by atoms with Gasteiger partial charge in [0.25, 0.3) is 0 Å². The van der Waals surface area contributed by atoms with Crippen molar-refractivity contribution in [3.8, 4) is 17.2 Å². The second-order valence-corrected chi connectivity index (χ2v) is 6.82. The zero-order valence-corrected chi connectivity index (χ0v) is 20.1. The van der Waals surface area contributed by atoms with Crippen molar-refractivity contribution < 1.29 is 14.2 Å². The number of halogens is 1. The Labute approximate surface area is 187 Å². The largest absolute Gasteiger partial charge is 0.493 e. The first kappa shape index (κ1) is 24.3. The Morgan fingerprint density at radius 3 is 2.39 bits per heavy atom. The summed E-state index contributed by atoms with van der Waals surface area (Å²) in [5.74, 6) is 2.55. The third kappa shape index (κ3) is 6.40. The van der Waals surface area contributed by atoms with Gasteiger partial charge in [-0.25, -0.2) is 9.98 Å². The van der Waals surface area contributed by atoms with Crippen molar-refractivity contribution in [2.45, 2.75) is 33.4 Å². The highest BCUT2D eigenvalue weighted by molar-refractivity contribution is 14.0. The molecule has 0 aliphatic heterocycles. The number of ether oxygens (including phenoxy) is 3. The van der Waals surface area contributed by atoms with Crippen LogP contribution in [-0.2, 0) is 19.5 Å². The van der Waals surface area contributed by atoms with E-state index in [1.807, 2.05) is 25.3 Å². The van der Waals surface area contributed by atoms with Gasteiger partial charge in [-0.3, -0.25) is 0 Å². The Morgan fingerprint density at radius 2 is 1.82 bits per heavy atom.